The summed E-state index contributed by atoms with van der Waals surface area (Å²) in [6, 6.07) is 61.1. The number of rotatable bonds is 10. The Bertz CT molecular complexity index is 2550. The van der Waals surface area contributed by atoms with E-state index in [1.165, 1.54) is 33.9 Å². The average Bonchev–Trinajstić information content (AvgIpc) is 3.65. The van der Waals surface area contributed by atoms with Crippen molar-refractivity contribution in [2.75, 3.05) is 4.90 Å². The number of benzene rings is 7. The van der Waals surface area contributed by atoms with Crippen LogP contribution >= 0.6 is 0 Å². The molecule has 0 spiro atoms. The Kier molecular flexibility index (Phi) is 12.8. The third-order valence-corrected chi connectivity index (χ3v) is 9.46. The minimum atomic E-state index is 0.805. The molecule has 0 fully saturated rings. The number of anilines is 3. The lowest BCUT2D eigenvalue weighted by Crippen LogP contribution is -2.10. The van der Waals surface area contributed by atoms with Crippen molar-refractivity contribution in [3.63, 3.8) is 0 Å². The van der Waals surface area contributed by atoms with Crippen LogP contribution in [0.25, 0.3) is 55.2 Å². The quantitative estimate of drug-likeness (QED) is 0.107. The molecule has 2 N–H and O–H groups in total. The summed E-state index contributed by atoms with van der Waals surface area (Å²) in [6.07, 6.45) is 6.70. The van der Waals surface area contributed by atoms with E-state index in [-0.39, 0.29) is 0 Å². The molecule has 274 valence electrons. The van der Waals surface area contributed by atoms with E-state index in [0.29, 0.717) is 0 Å². The zero-order chi connectivity index (χ0) is 39.3. The molecule has 8 rings (SSSR count). The van der Waals surface area contributed by atoms with Gasteiger partial charge in [-0.2, -0.15) is 0 Å². The summed E-state index contributed by atoms with van der Waals surface area (Å²) >= 11 is 0. The van der Waals surface area contributed by atoms with Crippen LogP contribution in [-0.4, -0.2) is 11.2 Å². The monoisotopic (exact) mass is 725 g/mol. The lowest BCUT2D eigenvalue weighted by molar-refractivity contribution is 1.28. The minimum absolute atomic E-state index is 0.805. The molecule has 0 aliphatic rings. The topological polar surface area (TPSA) is 42.9 Å². The summed E-state index contributed by atoms with van der Waals surface area (Å²) in [5, 5.41) is 10.2. The highest BCUT2D eigenvalue weighted by atomic mass is 15.1. The molecule has 1 aromatic heterocycles. The van der Waals surface area contributed by atoms with Crippen LogP contribution in [0, 0.1) is 5.41 Å². The van der Waals surface area contributed by atoms with Gasteiger partial charge in [0.05, 0.1) is 5.52 Å². The number of hydrogen-bond donors (Lipinski definition) is 2. The average molecular weight is 726 g/mol. The molecule has 7 aromatic carbocycles. The molecule has 0 atom stereocenters. The van der Waals surface area contributed by atoms with E-state index in [9.17, 15) is 0 Å². The second-order valence-electron chi connectivity index (χ2n) is 12.8. The fraction of sp³-hybridized carbons (Fsp3) is 0.0377. The van der Waals surface area contributed by atoms with Crippen LogP contribution in [0.2, 0.25) is 0 Å². The first-order chi connectivity index (χ1) is 27.6. The van der Waals surface area contributed by atoms with Gasteiger partial charge in [-0.1, -0.05) is 173 Å². The predicted octanol–water partition coefficient (Wildman–Crippen LogP) is 15.3. The molecule has 0 aliphatic heterocycles. The van der Waals surface area contributed by atoms with Crippen molar-refractivity contribution in [2.24, 2.45) is 0 Å². The first-order valence-corrected chi connectivity index (χ1v) is 18.9. The molecule has 3 nitrogen and oxygen atoms in total. The zero-order valence-electron chi connectivity index (χ0n) is 32.1. The van der Waals surface area contributed by atoms with Crippen molar-refractivity contribution in [3.05, 3.63) is 225 Å². The summed E-state index contributed by atoms with van der Waals surface area (Å²) < 4.78 is 0. The second-order valence-corrected chi connectivity index (χ2v) is 12.8. The molecule has 3 heteroatoms. The smallest absolute Gasteiger partial charge is 0.0544 e. The van der Waals surface area contributed by atoms with Crippen LogP contribution in [0.15, 0.2) is 214 Å². The van der Waals surface area contributed by atoms with Crippen LogP contribution in [0.5, 0.6) is 0 Å². The molecule has 0 radical (unpaired) electrons. The highest BCUT2D eigenvalue weighted by Crippen LogP contribution is 2.41. The first kappa shape index (κ1) is 38.5. The lowest BCUT2D eigenvalue weighted by Gasteiger charge is -2.26. The Morgan fingerprint density at radius 1 is 0.554 bits per heavy atom. The van der Waals surface area contributed by atoms with Crippen LogP contribution in [0.1, 0.15) is 25.0 Å². The molecule has 0 unspecified atom stereocenters. The summed E-state index contributed by atoms with van der Waals surface area (Å²) in [6.45, 7) is 15.8. The largest absolute Gasteiger partial charge is 0.354 e. The van der Waals surface area contributed by atoms with Crippen molar-refractivity contribution in [2.45, 2.75) is 13.8 Å². The number of allylic oxidation sites excluding steroid dienone is 5. The maximum Gasteiger partial charge on any atom is 0.0544 e. The van der Waals surface area contributed by atoms with Gasteiger partial charge in [-0.05, 0) is 93.6 Å². The standard InChI is InChI=1S/C45H35N3.C6H6.C2H6/c1-4-12-36(30-46)34-19-23-39(24-20-34)48(38-21-17-32(18-22-38)31(3)5-2)40-25-26-44-42(29-40)43-28-37(33-13-8-6-9-14-33)27-41(45(43)47-44)35-15-10-7-11-16-35;1-2-4-6-5-3-1;1-2/h4-30,46-47H,1-3H2;1-6H;1-2H3/b36-12+,46-30?;;. The molecule has 0 amide bonds. The zero-order valence-corrected chi connectivity index (χ0v) is 32.1. The number of H-pyrrole nitrogens is 1. The van der Waals surface area contributed by atoms with Crippen molar-refractivity contribution in [1.82, 2.24) is 4.98 Å². The maximum absolute atomic E-state index is 7.88. The van der Waals surface area contributed by atoms with Gasteiger partial charge in [0.25, 0.3) is 0 Å². The van der Waals surface area contributed by atoms with Gasteiger partial charge < -0.3 is 15.3 Å². The van der Waals surface area contributed by atoms with Gasteiger partial charge >= 0.3 is 0 Å². The van der Waals surface area contributed by atoms with Crippen LogP contribution in [-0.2, 0) is 0 Å². The first-order valence-electron chi connectivity index (χ1n) is 18.9. The fourth-order valence-electron chi connectivity index (χ4n) is 6.70. The lowest BCUT2D eigenvalue weighted by atomic mass is 9.95. The maximum atomic E-state index is 7.88. The highest BCUT2D eigenvalue weighted by molar-refractivity contribution is 6.14. The molecular formula is C53H47N3. The van der Waals surface area contributed by atoms with Gasteiger partial charge in [-0.25, -0.2) is 0 Å². The van der Waals surface area contributed by atoms with Crippen molar-refractivity contribution in [1.29, 1.82) is 5.41 Å². The molecule has 0 bridgehead atoms. The number of nitrogens with zero attached hydrogens (tertiary/aromatic N) is 1. The van der Waals surface area contributed by atoms with Gasteiger partial charge in [0, 0.05) is 45.1 Å². The van der Waals surface area contributed by atoms with E-state index >= 15 is 0 Å². The number of hydrogen-bond acceptors (Lipinski definition) is 2. The van der Waals surface area contributed by atoms with E-state index < -0.39 is 0 Å². The summed E-state index contributed by atoms with van der Waals surface area (Å²) in [4.78, 5) is 6.03. The Morgan fingerprint density at radius 3 is 1.61 bits per heavy atom. The second kappa shape index (κ2) is 18.7. The van der Waals surface area contributed by atoms with Crippen molar-refractivity contribution >= 4 is 56.2 Å². The van der Waals surface area contributed by atoms with E-state index in [1.807, 2.05) is 56.3 Å². The minimum Gasteiger partial charge on any atom is -0.354 e. The molecular weight excluding hydrogens is 679 g/mol. The molecule has 0 saturated carbocycles. The fourth-order valence-corrected chi connectivity index (χ4v) is 6.70. The van der Waals surface area contributed by atoms with E-state index in [0.717, 1.165) is 55.8 Å². The highest BCUT2D eigenvalue weighted by Gasteiger charge is 2.18. The molecule has 1 heterocycles. The van der Waals surface area contributed by atoms with Crippen LogP contribution < -0.4 is 4.90 Å². The van der Waals surface area contributed by atoms with Crippen molar-refractivity contribution in [3.8, 4) is 22.3 Å². The molecule has 0 saturated heterocycles. The molecule has 0 aliphatic carbocycles. The number of aromatic amines is 1. The van der Waals surface area contributed by atoms with Gasteiger partial charge in [-0.15, -0.1) is 0 Å². The Morgan fingerprint density at radius 2 is 1.07 bits per heavy atom. The van der Waals surface area contributed by atoms with E-state index in [4.69, 9.17) is 5.41 Å². The Hall–Kier alpha value is -7.23. The van der Waals surface area contributed by atoms with Crippen molar-refractivity contribution < 1.29 is 0 Å². The molecule has 8 aromatic rings. The number of fused-ring (bicyclic) bond motifs is 3. The predicted molar refractivity (Wildman–Crippen MR) is 245 cm³/mol. The van der Waals surface area contributed by atoms with Gasteiger partial charge in [-0.3, -0.25) is 0 Å². The van der Waals surface area contributed by atoms with Gasteiger partial charge in [0.1, 0.15) is 0 Å². The van der Waals surface area contributed by atoms with Crippen LogP contribution in [0.3, 0.4) is 0 Å². The summed E-state index contributed by atoms with van der Waals surface area (Å²) in [7, 11) is 0. The van der Waals surface area contributed by atoms with Gasteiger partial charge in [0.2, 0.25) is 0 Å². The third-order valence-electron chi connectivity index (χ3n) is 9.46. The van der Waals surface area contributed by atoms with E-state index in [1.54, 1.807) is 12.2 Å². The SMILES string of the molecule is C=C/C=C(\C=N)c1ccc(N(c2ccc(C(=C)C=C)cc2)c2ccc3[nH]c4c(-c5ccccc5)cc(-c5ccccc5)cc4c3c2)cc1.CC.c1ccccc1. The normalized spacial score (nSPS) is 10.7. The molecule has 56 heavy (non-hydrogen) atoms. The van der Waals surface area contributed by atoms with Gasteiger partial charge in [0.15, 0.2) is 0 Å². The third kappa shape index (κ3) is 8.59. The summed E-state index contributed by atoms with van der Waals surface area (Å²) in [5.74, 6) is 0. The number of nitrogens with one attached hydrogen (secondary N) is 2. The Balaban J connectivity index is 0.000000600. The summed E-state index contributed by atoms with van der Waals surface area (Å²) in [5.41, 5.74) is 13.6. The Labute approximate surface area is 331 Å². The number of aromatic nitrogens is 1. The van der Waals surface area contributed by atoms with Crippen LogP contribution in [0.4, 0.5) is 17.1 Å². The van der Waals surface area contributed by atoms with E-state index in [2.05, 4.69) is 169 Å².